The molecule has 0 saturated carbocycles. The van der Waals surface area contributed by atoms with Crippen LogP contribution in [-0.4, -0.2) is 35.3 Å². The lowest BCUT2D eigenvalue weighted by Gasteiger charge is -2.34. The lowest BCUT2D eigenvalue weighted by molar-refractivity contribution is -0.140. The van der Waals surface area contributed by atoms with Gasteiger partial charge in [0.05, 0.1) is 0 Å². The van der Waals surface area contributed by atoms with Gasteiger partial charge in [0.15, 0.2) is 0 Å². The van der Waals surface area contributed by atoms with Gasteiger partial charge in [-0.2, -0.15) is 0 Å². The summed E-state index contributed by atoms with van der Waals surface area (Å²) in [6.07, 6.45) is 10.2. The first kappa shape index (κ1) is 18.0. The molecular weight excluding hydrogens is 288 g/mol. The van der Waals surface area contributed by atoms with Crippen molar-refractivity contribution < 1.29 is 9.59 Å². The molecule has 1 aliphatic carbocycles. The monoisotopic (exact) mass is 320 g/mol. The quantitative estimate of drug-likeness (QED) is 0.731. The summed E-state index contributed by atoms with van der Waals surface area (Å²) in [6, 6.07) is 0. The largest absolute Gasteiger partial charge is 0.354 e. The van der Waals surface area contributed by atoms with Crippen molar-refractivity contribution in [3.8, 4) is 0 Å². The van der Waals surface area contributed by atoms with Gasteiger partial charge >= 0.3 is 0 Å². The van der Waals surface area contributed by atoms with E-state index in [4.69, 9.17) is 0 Å². The molecule has 2 aliphatic rings. The van der Waals surface area contributed by atoms with Crippen LogP contribution in [0, 0.1) is 5.92 Å². The fourth-order valence-corrected chi connectivity index (χ4v) is 3.55. The first-order valence-corrected chi connectivity index (χ1v) is 9.20. The number of rotatable bonds is 7. The SMILES string of the molecule is CC(C)CCNC(=O)[C@]1(C)CCC(=O)N1CCC1=CCCCC1. The molecule has 0 aromatic rings. The van der Waals surface area contributed by atoms with Crippen LogP contribution >= 0.6 is 0 Å². The van der Waals surface area contributed by atoms with Crippen LogP contribution in [0.15, 0.2) is 11.6 Å². The summed E-state index contributed by atoms with van der Waals surface area (Å²) in [7, 11) is 0. The van der Waals surface area contributed by atoms with Crippen LogP contribution in [0.1, 0.15) is 72.1 Å². The number of likely N-dealkylation sites (tertiary alicyclic amines) is 1. The molecule has 2 amide bonds. The second-order valence-electron chi connectivity index (χ2n) is 7.62. The molecule has 1 fully saturated rings. The Bertz CT molecular complexity index is 470. The van der Waals surface area contributed by atoms with E-state index in [1.54, 1.807) is 0 Å². The number of amides is 2. The summed E-state index contributed by atoms with van der Waals surface area (Å²) < 4.78 is 0. The molecule has 0 unspecified atom stereocenters. The van der Waals surface area contributed by atoms with E-state index in [-0.39, 0.29) is 11.8 Å². The normalized spacial score (nSPS) is 25.0. The van der Waals surface area contributed by atoms with Crippen molar-refractivity contribution in [3.05, 3.63) is 11.6 Å². The second-order valence-corrected chi connectivity index (χ2v) is 7.62. The summed E-state index contributed by atoms with van der Waals surface area (Å²) >= 11 is 0. The lowest BCUT2D eigenvalue weighted by atomic mass is 9.94. The Hall–Kier alpha value is -1.32. The molecule has 1 saturated heterocycles. The van der Waals surface area contributed by atoms with Gasteiger partial charge in [0.2, 0.25) is 11.8 Å². The minimum Gasteiger partial charge on any atom is -0.354 e. The molecule has 1 aliphatic heterocycles. The van der Waals surface area contributed by atoms with Crippen LogP contribution in [0.3, 0.4) is 0 Å². The molecule has 1 heterocycles. The van der Waals surface area contributed by atoms with Crippen LogP contribution in [0.25, 0.3) is 0 Å². The highest BCUT2D eigenvalue weighted by Gasteiger charge is 2.46. The van der Waals surface area contributed by atoms with Crippen LogP contribution in [-0.2, 0) is 9.59 Å². The first-order chi connectivity index (χ1) is 10.9. The minimum absolute atomic E-state index is 0.0154. The Labute approximate surface area is 140 Å². The van der Waals surface area contributed by atoms with Gasteiger partial charge < -0.3 is 10.2 Å². The summed E-state index contributed by atoms with van der Waals surface area (Å²) in [4.78, 5) is 26.7. The maximum absolute atomic E-state index is 12.6. The number of hydrogen-bond acceptors (Lipinski definition) is 2. The second kappa shape index (κ2) is 7.98. The molecule has 0 aromatic heterocycles. The summed E-state index contributed by atoms with van der Waals surface area (Å²) in [6.45, 7) is 7.60. The van der Waals surface area contributed by atoms with Crippen molar-refractivity contribution in [1.82, 2.24) is 10.2 Å². The Balaban J connectivity index is 1.93. The van der Waals surface area contributed by atoms with Crippen molar-refractivity contribution in [1.29, 1.82) is 0 Å². The molecule has 1 atom stereocenters. The van der Waals surface area contributed by atoms with Crippen molar-refractivity contribution in [3.63, 3.8) is 0 Å². The number of nitrogens with one attached hydrogen (secondary N) is 1. The molecule has 4 nitrogen and oxygen atoms in total. The zero-order valence-electron chi connectivity index (χ0n) is 15.0. The van der Waals surface area contributed by atoms with E-state index in [0.717, 1.165) is 25.7 Å². The van der Waals surface area contributed by atoms with Crippen molar-refractivity contribution in [2.24, 2.45) is 5.92 Å². The van der Waals surface area contributed by atoms with Crippen LogP contribution in [0.2, 0.25) is 0 Å². The number of carbonyl (C=O) groups is 2. The average molecular weight is 320 g/mol. The van der Waals surface area contributed by atoms with Crippen LogP contribution < -0.4 is 5.32 Å². The molecule has 130 valence electrons. The van der Waals surface area contributed by atoms with Crippen molar-refractivity contribution in [2.45, 2.75) is 77.7 Å². The molecule has 0 radical (unpaired) electrons. The zero-order chi connectivity index (χ0) is 16.9. The third-order valence-electron chi connectivity index (χ3n) is 5.26. The fourth-order valence-electron chi connectivity index (χ4n) is 3.55. The van der Waals surface area contributed by atoms with E-state index >= 15 is 0 Å². The highest BCUT2D eigenvalue weighted by Crippen LogP contribution is 2.31. The van der Waals surface area contributed by atoms with E-state index in [9.17, 15) is 9.59 Å². The first-order valence-electron chi connectivity index (χ1n) is 9.20. The van der Waals surface area contributed by atoms with Crippen molar-refractivity contribution in [2.75, 3.05) is 13.1 Å². The van der Waals surface area contributed by atoms with Gasteiger partial charge in [0, 0.05) is 19.5 Å². The fraction of sp³-hybridized carbons (Fsp3) is 0.789. The highest BCUT2D eigenvalue weighted by molar-refractivity contribution is 5.94. The van der Waals surface area contributed by atoms with Gasteiger partial charge in [-0.05, 0) is 57.8 Å². The number of carbonyl (C=O) groups excluding carboxylic acids is 2. The minimum atomic E-state index is -0.663. The van der Waals surface area contributed by atoms with Crippen LogP contribution in [0.4, 0.5) is 0 Å². The maximum atomic E-state index is 12.6. The van der Waals surface area contributed by atoms with Gasteiger partial charge in [-0.15, -0.1) is 0 Å². The Morgan fingerprint density at radius 2 is 2.13 bits per heavy atom. The molecular formula is C19H32N2O2. The van der Waals surface area contributed by atoms with E-state index in [1.807, 2.05) is 11.8 Å². The Morgan fingerprint density at radius 1 is 1.35 bits per heavy atom. The smallest absolute Gasteiger partial charge is 0.245 e. The summed E-state index contributed by atoms with van der Waals surface area (Å²) in [5.74, 6) is 0.715. The molecule has 0 aromatic carbocycles. The Morgan fingerprint density at radius 3 is 2.78 bits per heavy atom. The van der Waals surface area contributed by atoms with E-state index in [2.05, 4.69) is 25.2 Å². The average Bonchev–Trinajstić information content (AvgIpc) is 2.82. The zero-order valence-corrected chi connectivity index (χ0v) is 15.0. The maximum Gasteiger partial charge on any atom is 0.245 e. The molecule has 2 rings (SSSR count). The van der Waals surface area contributed by atoms with Gasteiger partial charge in [-0.25, -0.2) is 0 Å². The van der Waals surface area contributed by atoms with Gasteiger partial charge in [-0.1, -0.05) is 25.5 Å². The van der Waals surface area contributed by atoms with E-state index in [0.29, 0.717) is 31.8 Å². The topological polar surface area (TPSA) is 49.4 Å². The summed E-state index contributed by atoms with van der Waals surface area (Å²) in [5, 5.41) is 3.04. The predicted octanol–water partition coefficient (Wildman–Crippen LogP) is 3.42. The predicted molar refractivity (Wildman–Crippen MR) is 93.0 cm³/mol. The van der Waals surface area contributed by atoms with Gasteiger partial charge in [0.25, 0.3) is 0 Å². The molecule has 0 bridgehead atoms. The standard InChI is InChI=1S/C19H32N2O2/c1-15(2)10-13-20-18(23)19(3)12-9-17(22)21(19)14-11-16-7-5-4-6-8-16/h7,15H,4-6,8-14H2,1-3H3,(H,20,23)/t19-/m0/s1. The third-order valence-corrected chi connectivity index (χ3v) is 5.26. The molecule has 4 heteroatoms. The molecule has 1 N–H and O–H groups in total. The molecule has 23 heavy (non-hydrogen) atoms. The summed E-state index contributed by atoms with van der Waals surface area (Å²) in [5.41, 5.74) is 0.794. The third kappa shape index (κ3) is 4.58. The number of hydrogen-bond donors (Lipinski definition) is 1. The highest BCUT2D eigenvalue weighted by atomic mass is 16.2. The number of allylic oxidation sites excluding steroid dienone is 1. The van der Waals surface area contributed by atoms with E-state index < -0.39 is 5.54 Å². The molecule has 0 spiro atoms. The van der Waals surface area contributed by atoms with Crippen LogP contribution in [0.5, 0.6) is 0 Å². The number of nitrogens with zero attached hydrogens (tertiary/aromatic N) is 1. The Kier molecular flexibility index (Phi) is 6.25. The van der Waals surface area contributed by atoms with Crippen molar-refractivity contribution >= 4 is 11.8 Å². The van der Waals surface area contributed by atoms with Gasteiger partial charge in [-0.3, -0.25) is 9.59 Å². The van der Waals surface area contributed by atoms with Gasteiger partial charge in [0.1, 0.15) is 5.54 Å². The van der Waals surface area contributed by atoms with E-state index in [1.165, 1.54) is 18.4 Å². The lowest BCUT2D eigenvalue weighted by Crippen LogP contribution is -2.55.